The van der Waals surface area contributed by atoms with Gasteiger partial charge < -0.3 is 19.5 Å². The summed E-state index contributed by atoms with van der Waals surface area (Å²) in [6.07, 6.45) is 3.66. The van der Waals surface area contributed by atoms with E-state index in [1.807, 2.05) is 39.8 Å². The van der Waals surface area contributed by atoms with Gasteiger partial charge in [-0.15, -0.1) is 0 Å². The molecule has 0 spiro atoms. The average Bonchev–Trinajstić information content (AvgIpc) is 3.02. The van der Waals surface area contributed by atoms with E-state index >= 15 is 0 Å². The summed E-state index contributed by atoms with van der Waals surface area (Å²) in [5.41, 5.74) is 1.74. The summed E-state index contributed by atoms with van der Waals surface area (Å²) in [5, 5.41) is 4.63. The molecule has 158 valence electrons. The molecule has 2 rings (SSSR count). The Balaban J connectivity index is 1.89. The highest BCUT2D eigenvalue weighted by Gasteiger charge is 2.21. The lowest BCUT2D eigenvalue weighted by Crippen LogP contribution is -2.42. The van der Waals surface area contributed by atoms with Crippen LogP contribution in [0.2, 0.25) is 0 Å². The first-order chi connectivity index (χ1) is 13.8. The van der Waals surface area contributed by atoms with Crippen molar-refractivity contribution in [2.45, 2.75) is 40.2 Å². The smallest absolute Gasteiger partial charge is 0.331 e. The fourth-order valence-corrected chi connectivity index (χ4v) is 2.71. The number of ether oxygens (including phenoxy) is 3. The van der Waals surface area contributed by atoms with Crippen LogP contribution in [0.3, 0.4) is 0 Å². The zero-order chi connectivity index (χ0) is 21.4. The minimum absolute atomic E-state index is 0.0972. The van der Waals surface area contributed by atoms with Gasteiger partial charge in [0.1, 0.15) is 17.6 Å². The van der Waals surface area contributed by atoms with Crippen LogP contribution in [0.25, 0.3) is 6.08 Å². The van der Waals surface area contributed by atoms with Crippen LogP contribution in [-0.2, 0) is 20.7 Å². The van der Waals surface area contributed by atoms with Gasteiger partial charge in [0.15, 0.2) is 6.61 Å². The van der Waals surface area contributed by atoms with E-state index in [0.29, 0.717) is 24.5 Å². The highest BCUT2D eigenvalue weighted by atomic mass is 16.5. The van der Waals surface area contributed by atoms with Crippen LogP contribution < -0.4 is 20.1 Å². The van der Waals surface area contributed by atoms with E-state index in [-0.39, 0.29) is 12.0 Å². The molecular formula is C21H28N2O6. The SMILES string of the molecule is CCOc1cc2c(cc1/C=C/C(=O)OCC(=O)NC(=O)NCC(C)C)O[C@H](C)C2. The third-order valence-corrected chi connectivity index (χ3v) is 4.00. The Kier molecular flexibility index (Phi) is 8.06. The molecule has 1 aliphatic heterocycles. The number of rotatable bonds is 8. The van der Waals surface area contributed by atoms with Crippen LogP contribution >= 0.6 is 0 Å². The molecule has 0 bridgehead atoms. The summed E-state index contributed by atoms with van der Waals surface area (Å²) in [6, 6.07) is 3.11. The molecule has 0 saturated heterocycles. The molecule has 0 saturated carbocycles. The number of benzene rings is 1. The van der Waals surface area contributed by atoms with E-state index in [1.165, 1.54) is 6.08 Å². The molecular weight excluding hydrogens is 376 g/mol. The van der Waals surface area contributed by atoms with Gasteiger partial charge in [0, 0.05) is 30.2 Å². The van der Waals surface area contributed by atoms with Crippen LogP contribution in [0, 0.1) is 5.92 Å². The lowest BCUT2D eigenvalue weighted by atomic mass is 10.1. The van der Waals surface area contributed by atoms with E-state index < -0.39 is 24.5 Å². The number of urea groups is 1. The maximum absolute atomic E-state index is 11.9. The topological polar surface area (TPSA) is 103 Å². The van der Waals surface area contributed by atoms with Crippen molar-refractivity contribution < 1.29 is 28.6 Å². The Hall–Kier alpha value is -3.03. The van der Waals surface area contributed by atoms with Crippen LogP contribution in [-0.4, -0.2) is 43.8 Å². The third-order valence-electron chi connectivity index (χ3n) is 4.00. The minimum Gasteiger partial charge on any atom is -0.493 e. The standard InChI is InChI=1S/C21H28N2O6/c1-5-27-17-10-16-8-14(4)29-18(16)9-15(17)6-7-20(25)28-12-19(24)23-21(26)22-11-13(2)3/h6-7,9-10,13-14H,5,8,11-12H2,1-4H3,(H2,22,23,24,26)/b7-6+/t14-/m1/s1. The van der Waals surface area contributed by atoms with Gasteiger partial charge in [-0.2, -0.15) is 0 Å². The normalized spacial score (nSPS) is 15.0. The molecule has 0 aliphatic carbocycles. The highest BCUT2D eigenvalue weighted by molar-refractivity contribution is 5.96. The number of esters is 1. The molecule has 1 aliphatic rings. The molecule has 2 N–H and O–H groups in total. The highest BCUT2D eigenvalue weighted by Crippen LogP contribution is 2.35. The van der Waals surface area contributed by atoms with Crippen LogP contribution in [0.5, 0.6) is 11.5 Å². The number of carbonyl (C=O) groups is 3. The Bertz CT molecular complexity index is 788. The lowest BCUT2D eigenvalue weighted by Gasteiger charge is -2.10. The second-order valence-electron chi connectivity index (χ2n) is 7.16. The molecule has 8 nitrogen and oxygen atoms in total. The fraction of sp³-hybridized carbons (Fsp3) is 0.476. The number of imide groups is 1. The summed E-state index contributed by atoms with van der Waals surface area (Å²) in [5.74, 6) is 0.254. The molecule has 0 aromatic heterocycles. The zero-order valence-electron chi connectivity index (χ0n) is 17.2. The Morgan fingerprint density at radius 1 is 1.31 bits per heavy atom. The second kappa shape index (κ2) is 10.5. The number of nitrogens with one attached hydrogen (secondary N) is 2. The predicted octanol–water partition coefficient (Wildman–Crippen LogP) is 2.45. The van der Waals surface area contributed by atoms with Gasteiger partial charge >= 0.3 is 12.0 Å². The number of hydrogen-bond donors (Lipinski definition) is 2. The number of amides is 3. The van der Waals surface area contributed by atoms with Gasteiger partial charge in [0.25, 0.3) is 5.91 Å². The van der Waals surface area contributed by atoms with Gasteiger partial charge in [-0.1, -0.05) is 13.8 Å². The molecule has 1 heterocycles. The van der Waals surface area contributed by atoms with E-state index in [1.54, 1.807) is 6.08 Å². The summed E-state index contributed by atoms with van der Waals surface area (Å²) in [6.45, 7) is 8.10. The van der Waals surface area contributed by atoms with E-state index in [4.69, 9.17) is 14.2 Å². The quantitative estimate of drug-likeness (QED) is 0.510. The van der Waals surface area contributed by atoms with Crippen molar-refractivity contribution in [1.29, 1.82) is 0 Å². The number of carbonyl (C=O) groups excluding carboxylic acids is 3. The molecule has 8 heteroatoms. The van der Waals surface area contributed by atoms with Crippen molar-refractivity contribution in [3.8, 4) is 11.5 Å². The van der Waals surface area contributed by atoms with Gasteiger partial charge in [0.2, 0.25) is 0 Å². The van der Waals surface area contributed by atoms with Crippen LogP contribution in [0.15, 0.2) is 18.2 Å². The molecule has 0 radical (unpaired) electrons. The first-order valence-corrected chi connectivity index (χ1v) is 9.67. The van der Waals surface area contributed by atoms with E-state index in [2.05, 4.69) is 10.6 Å². The van der Waals surface area contributed by atoms with Crippen molar-refractivity contribution >= 4 is 24.0 Å². The summed E-state index contributed by atoms with van der Waals surface area (Å²) in [7, 11) is 0. The van der Waals surface area contributed by atoms with Crippen molar-refractivity contribution in [1.82, 2.24) is 10.6 Å². The molecule has 0 unspecified atom stereocenters. The van der Waals surface area contributed by atoms with Gasteiger partial charge in [-0.25, -0.2) is 9.59 Å². The maximum Gasteiger partial charge on any atom is 0.331 e. The first-order valence-electron chi connectivity index (χ1n) is 9.67. The number of fused-ring (bicyclic) bond motifs is 1. The fourth-order valence-electron chi connectivity index (χ4n) is 2.71. The molecule has 1 aromatic carbocycles. The molecule has 29 heavy (non-hydrogen) atoms. The van der Waals surface area contributed by atoms with Crippen molar-refractivity contribution in [3.05, 3.63) is 29.3 Å². The van der Waals surface area contributed by atoms with Crippen LogP contribution in [0.1, 0.15) is 38.8 Å². The summed E-state index contributed by atoms with van der Waals surface area (Å²) >= 11 is 0. The maximum atomic E-state index is 11.9. The Labute approximate surface area is 170 Å². The first kappa shape index (κ1) is 22.3. The second-order valence-corrected chi connectivity index (χ2v) is 7.16. The Morgan fingerprint density at radius 3 is 2.76 bits per heavy atom. The molecule has 3 amide bonds. The van der Waals surface area contributed by atoms with Gasteiger partial charge in [0.05, 0.1) is 6.61 Å². The third kappa shape index (κ3) is 7.14. The van der Waals surface area contributed by atoms with Crippen molar-refractivity contribution in [2.24, 2.45) is 5.92 Å². The van der Waals surface area contributed by atoms with Gasteiger partial charge in [-0.3, -0.25) is 10.1 Å². The Morgan fingerprint density at radius 2 is 2.07 bits per heavy atom. The minimum atomic E-state index is -0.708. The summed E-state index contributed by atoms with van der Waals surface area (Å²) < 4.78 is 16.3. The van der Waals surface area contributed by atoms with E-state index in [0.717, 1.165) is 17.7 Å². The molecule has 1 atom stereocenters. The lowest BCUT2D eigenvalue weighted by molar-refractivity contribution is -0.143. The monoisotopic (exact) mass is 404 g/mol. The summed E-state index contributed by atoms with van der Waals surface area (Å²) in [4.78, 5) is 35.1. The average molecular weight is 404 g/mol. The van der Waals surface area contributed by atoms with Crippen LogP contribution in [0.4, 0.5) is 4.79 Å². The van der Waals surface area contributed by atoms with E-state index in [9.17, 15) is 14.4 Å². The predicted molar refractivity (Wildman–Crippen MR) is 108 cm³/mol. The number of hydrogen-bond acceptors (Lipinski definition) is 6. The molecule has 0 fully saturated rings. The van der Waals surface area contributed by atoms with Gasteiger partial charge in [-0.05, 0) is 38.0 Å². The van der Waals surface area contributed by atoms with Crippen molar-refractivity contribution in [3.63, 3.8) is 0 Å². The van der Waals surface area contributed by atoms with Crippen molar-refractivity contribution in [2.75, 3.05) is 19.8 Å². The zero-order valence-corrected chi connectivity index (χ0v) is 17.2. The largest absolute Gasteiger partial charge is 0.493 e. The molecule has 1 aromatic rings.